The molecule has 0 aromatic heterocycles. The molecule has 0 aliphatic rings. The van der Waals surface area contributed by atoms with Crippen LogP contribution in [0.4, 0.5) is 0 Å². The molecule has 0 aromatic rings. The van der Waals surface area contributed by atoms with Gasteiger partial charge in [0, 0.05) is 5.57 Å². The third-order valence-corrected chi connectivity index (χ3v) is 0.793. The minimum absolute atomic E-state index is 0.542. The molecule has 10 heavy (non-hydrogen) atoms. The third kappa shape index (κ3) is 3.45. The zero-order valence-electron chi connectivity index (χ0n) is 5.63. The molecule has 1 heteroatoms. The molecule has 0 unspecified atom stereocenters. The van der Waals surface area contributed by atoms with E-state index in [0.717, 1.165) is 0 Å². The number of aldehydes is 1. The van der Waals surface area contributed by atoms with Crippen molar-refractivity contribution < 1.29 is 4.79 Å². The lowest BCUT2D eigenvalue weighted by atomic mass is 10.2. The minimum atomic E-state index is 0.542. The summed E-state index contributed by atoms with van der Waals surface area (Å²) < 4.78 is 0. The average molecular weight is 132 g/mol. The first-order valence-corrected chi connectivity index (χ1v) is 2.75. The summed E-state index contributed by atoms with van der Waals surface area (Å²) in [5, 5.41) is 0. The molecule has 0 fully saturated rings. The predicted molar refractivity (Wildman–Crippen MR) is 42.3 cm³/mol. The summed E-state index contributed by atoms with van der Waals surface area (Å²) in [7, 11) is 0. The zero-order valence-corrected chi connectivity index (χ0v) is 5.63. The number of allylic oxidation sites excluding steroid dienone is 4. The maximum atomic E-state index is 9.77. The summed E-state index contributed by atoms with van der Waals surface area (Å²) in [4.78, 5) is 9.77. The van der Waals surface area contributed by atoms with Crippen LogP contribution < -0.4 is 0 Å². The predicted octanol–water partition coefficient (Wildman–Crippen LogP) is 1.49. The first-order chi connectivity index (χ1) is 4.85. The molecule has 0 aromatic carbocycles. The van der Waals surface area contributed by atoms with E-state index >= 15 is 0 Å². The summed E-state index contributed by atoms with van der Waals surface area (Å²) in [6.45, 7) is 6.97. The molecule has 0 saturated heterocycles. The average Bonchev–Trinajstić information content (AvgIpc) is 1.98. The summed E-state index contributed by atoms with van der Waals surface area (Å²) in [5.74, 6) is 4.84. The summed E-state index contributed by atoms with van der Waals surface area (Å²) in [6.07, 6.45) is 5.39. The molecule has 0 N–H and O–H groups in total. The van der Waals surface area contributed by atoms with Crippen molar-refractivity contribution in [3.63, 3.8) is 0 Å². The molecular formula is C9H8O. The molecule has 1 nitrogen and oxygen atoms in total. The van der Waals surface area contributed by atoms with Gasteiger partial charge < -0.3 is 0 Å². The summed E-state index contributed by atoms with van der Waals surface area (Å²) >= 11 is 0. The van der Waals surface area contributed by atoms with Crippen LogP contribution in [0.25, 0.3) is 0 Å². The van der Waals surface area contributed by atoms with Gasteiger partial charge in [-0.1, -0.05) is 31.2 Å². The lowest BCUT2D eigenvalue weighted by molar-refractivity contribution is -0.103. The van der Waals surface area contributed by atoms with Gasteiger partial charge >= 0.3 is 0 Å². The topological polar surface area (TPSA) is 17.1 Å². The summed E-state index contributed by atoms with van der Waals surface area (Å²) in [5.41, 5.74) is 0.696. The van der Waals surface area contributed by atoms with Crippen molar-refractivity contribution in [3.05, 3.63) is 37.0 Å². The molecule has 0 spiro atoms. The van der Waals surface area contributed by atoms with Crippen molar-refractivity contribution in [3.8, 4) is 11.8 Å². The van der Waals surface area contributed by atoms with E-state index in [1.165, 1.54) is 0 Å². The Morgan fingerprint density at radius 2 is 2.10 bits per heavy atom. The van der Waals surface area contributed by atoms with Gasteiger partial charge in [-0.3, -0.25) is 4.79 Å². The Balaban J connectivity index is 4.35. The normalized spacial score (nSPS) is 9.00. The van der Waals surface area contributed by atoms with Crippen LogP contribution in [0.2, 0.25) is 0 Å². The Bertz CT molecular complexity index is 223. The van der Waals surface area contributed by atoms with E-state index in [1.54, 1.807) is 18.2 Å². The molecule has 0 atom stereocenters. The molecule has 0 bridgehead atoms. The highest BCUT2D eigenvalue weighted by Crippen LogP contribution is 1.91. The number of carbonyl (C=O) groups excluding carboxylic acids is 1. The van der Waals surface area contributed by atoms with Crippen molar-refractivity contribution in [1.82, 2.24) is 0 Å². The van der Waals surface area contributed by atoms with Crippen LogP contribution in [-0.2, 0) is 4.79 Å². The Hall–Kier alpha value is -1.55. The van der Waals surface area contributed by atoms with Crippen LogP contribution in [0.1, 0.15) is 0 Å². The second-order valence-electron chi connectivity index (χ2n) is 1.45. The van der Waals surface area contributed by atoms with E-state index < -0.39 is 0 Å². The fourth-order valence-corrected chi connectivity index (χ4v) is 0.401. The number of carbonyl (C=O) groups is 1. The van der Waals surface area contributed by atoms with E-state index in [4.69, 9.17) is 0 Å². The molecule has 0 radical (unpaired) electrons. The molecule has 0 aliphatic carbocycles. The Kier molecular flexibility index (Phi) is 4.72. The highest BCUT2D eigenvalue weighted by molar-refractivity contribution is 5.74. The molecule has 0 amide bonds. The Labute approximate surface area is 60.8 Å². The second kappa shape index (κ2) is 5.58. The molecule has 0 saturated carbocycles. The molecular weight excluding hydrogens is 124 g/mol. The van der Waals surface area contributed by atoms with Crippen molar-refractivity contribution in [1.29, 1.82) is 0 Å². The highest BCUT2D eigenvalue weighted by atomic mass is 16.1. The minimum Gasteiger partial charge on any atom is -0.289 e. The van der Waals surface area contributed by atoms with Crippen LogP contribution in [0, 0.1) is 11.8 Å². The third-order valence-electron chi connectivity index (χ3n) is 0.793. The van der Waals surface area contributed by atoms with Gasteiger partial charge in [0.25, 0.3) is 0 Å². The quantitative estimate of drug-likeness (QED) is 0.316. The lowest BCUT2D eigenvalue weighted by Gasteiger charge is -1.81. The van der Waals surface area contributed by atoms with E-state index in [9.17, 15) is 4.79 Å². The Morgan fingerprint density at radius 3 is 2.50 bits per heavy atom. The van der Waals surface area contributed by atoms with Crippen molar-refractivity contribution >= 4 is 6.29 Å². The van der Waals surface area contributed by atoms with Gasteiger partial charge in [0.2, 0.25) is 0 Å². The van der Waals surface area contributed by atoms with Crippen LogP contribution >= 0.6 is 0 Å². The van der Waals surface area contributed by atoms with Gasteiger partial charge in [-0.25, -0.2) is 0 Å². The van der Waals surface area contributed by atoms with Crippen LogP contribution in [-0.4, -0.2) is 6.29 Å². The number of hydrogen-bond acceptors (Lipinski definition) is 1. The first-order valence-electron chi connectivity index (χ1n) is 2.75. The van der Waals surface area contributed by atoms with Gasteiger partial charge in [0.15, 0.2) is 6.29 Å². The van der Waals surface area contributed by atoms with Crippen LogP contribution in [0.5, 0.6) is 0 Å². The van der Waals surface area contributed by atoms with Gasteiger partial charge in [0.05, 0.1) is 0 Å². The van der Waals surface area contributed by atoms with E-state index in [-0.39, 0.29) is 0 Å². The van der Waals surface area contributed by atoms with Gasteiger partial charge in [0.1, 0.15) is 0 Å². The van der Waals surface area contributed by atoms with Crippen molar-refractivity contribution in [2.75, 3.05) is 0 Å². The SMILES string of the molecule is C=C/C=C(/C#CC=O)C=C. The van der Waals surface area contributed by atoms with Gasteiger partial charge in [-0.05, 0) is 12.0 Å². The molecule has 0 aliphatic heterocycles. The zero-order chi connectivity index (χ0) is 7.82. The number of hydrogen-bond donors (Lipinski definition) is 0. The molecule has 50 valence electrons. The van der Waals surface area contributed by atoms with Gasteiger partial charge in [-0.2, -0.15) is 0 Å². The van der Waals surface area contributed by atoms with Gasteiger partial charge in [-0.15, -0.1) is 0 Å². The second-order valence-corrected chi connectivity index (χ2v) is 1.45. The summed E-state index contributed by atoms with van der Waals surface area (Å²) in [6, 6.07) is 0. The maximum absolute atomic E-state index is 9.77. The van der Waals surface area contributed by atoms with E-state index in [2.05, 4.69) is 25.0 Å². The Morgan fingerprint density at radius 1 is 1.40 bits per heavy atom. The van der Waals surface area contributed by atoms with E-state index in [0.29, 0.717) is 11.9 Å². The van der Waals surface area contributed by atoms with Crippen LogP contribution in [0.3, 0.4) is 0 Å². The first kappa shape index (κ1) is 8.45. The smallest absolute Gasteiger partial charge is 0.193 e. The monoisotopic (exact) mass is 132 g/mol. The number of rotatable bonds is 2. The molecule has 0 heterocycles. The fraction of sp³-hybridized carbons (Fsp3) is 0. The van der Waals surface area contributed by atoms with E-state index in [1.807, 2.05) is 0 Å². The fourth-order valence-electron chi connectivity index (χ4n) is 0.401. The van der Waals surface area contributed by atoms with Crippen molar-refractivity contribution in [2.45, 2.75) is 0 Å². The standard InChI is InChI=1S/C9H8O/c1-3-6-9(4-2)7-5-8-10/h3-4,6,8H,1-2H2/b9-6+. The maximum Gasteiger partial charge on any atom is 0.193 e. The van der Waals surface area contributed by atoms with Crippen LogP contribution in [0.15, 0.2) is 37.0 Å². The van der Waals surface area contributed by atoms with Crippen molar-refractivity contribution in [2.24, 2.45) is 0 Å². The highest BCUT2D eigenvalue weighted by Gasteiger charge is 1.77. The largest absolute Gasteiger partial charge is 0.289 e. The lowest BCUT2D eigenvalue weighted by Crippen LogP contribution is -1.69. The molecule has 0 rings (SSSR count).